The second-order valence-corrected chi connectivity index (χ2v) is 5.34. The summed E-state index contributed by atoms with van der Waals surface area (Å²) in [5, 5.41) is 9.42. The molecule has 0 spiro atoms. The van der Waals surface area contributed by atoms with E-state index in [0.29, 0.717) is 24.9 Å². The topological polar surface area (TPSA) is 55.1 Å². The standard InChI is InChI=1S/C16H17FN2O2/c1-2-19-14-8-7-10(17)9-13(14)18-15(19)11-5-3-4-6-12(11)16(20)21/h3-4,7-9,11-12H,2,5-6H2,1H3,(H,20,21). The molecule has 0 amide bonds. The van der Waals surface area contributed by atoms with Gasteiger partial charge < -0.3 is 9.67 Å². The third-order valence-electron chi connectivity index (χ3n) is 4.14. The smallest absolute Gasteiger partial charge is 0.307 e. The quantitative estimate of drug-likeness (QED) is 0.881. The number of halogens is 1. The van der Waals surface area contributed by atoms with Crippen molar-refractivity contribution in [3.8, 4) is 0 Å². The van der Waals surface area contributed by atoms with E-state index < -0.39 is 11.9 Å². The minimum atomic E-state index is -0.801. The van der Waals surface area contributed by atoms with Gasteiger partial charge in [-0.2, -0.15) is 0 Å². The van der Waals surface area contributed by atoms with E-state index in [1.54, 1.807) is 6.07 Å². The SMILES string of the molecule is CCn1c(C2CC=CCC2C(=O)O)nc2cc(F)ccc21. The summed E-state index contributed by atoms with van der Waals surface area (Å²) >= 11 is 0. The Hall–Kier alpha value is -2.17. The molecular formula is C16H17FN2O2. The van der Waals surface area contributed by atoms with Gasteiger partial charge in [0.25, 0.3) is 0 Å². The van der Waals surface area contributed by atoms with Crippen LogP contribution in [0.2, 0.25) is 0 Å². The molecular weight excluding hydrogens is 271 g/mol. The highest BCUT2D eigenvalue weighted by molar-refractivity contribution is 5.77. The van der Waals surface area contributed by atoms with Crippen molar-refractivity contribution in [2.45, 2.75) is 32.2 Å². The number of benzene rings is 1. The van der Waals surface area contributed by atoms with Crippen molar-refractivity contribution in [2.24, 2.45) is 5.92 Å². The van der Waals surface area contributed by atoms with Crippen molar-refractivity contribution >= 4 is 17.0 Å². The molecule has 1 aromatic heterocycles. The molecule has 0 saturated heterocycles. The number of carboxylic acids is 1. The molecule has 5 heteroatoms. The zero-order valence-corrected chi connectivity index (χ0v) is 11.8. The number of fused-ring (bicyclic) bond motifs is 1. The molecule has 1 heterocycles. The predicted molar refractivity (Wildman–Crippen MR) is 77.6 cm³/mol. The maximum absolute atomic E-state index is 13.4. The largest absolute Gasteiger partial charge is 0.481 e. The Balaban J connectivity index is 2.14. The monoisotopic (exact) mass is 288 g/mol. The third-order valence-corrected chi connectivity index (χ3v) is 4.14. The number of carboxylic acid groups (broad SMARTS) is 1. The van der Waals surface area contributed by atoms with E-state index in [2.05, 4.69) is 4.98 Å². The summed E-state index contributed by atoms with van der Waals surface area (Å²) in [7, 11) is 0. The van der Waals surface area contributed by atoms with E-state index in [9.17, 15) is 14.3 Å². The molecule has 1 aromatic carbocycles. The van der Waals surface area contributed by atoms with E-state index >= 15 is 0 Å². The highest BCUT2D eigenvalue weighted by atomic mass is 19.1. The van der Waals surface area contributed by atoms with E-state index in [4.69, 9.17) is 0 Å². The van der Waals surface area contributed by atoms with E-state index in [-0.39, 0.29) is 11.7 Å². The molecule has 2 atom stereocenters. The Morgan fingerprint density at radius 2 is 2.19 bits per heavy atom. The number of hydrogen-bond acceptors (Lipinski definition) is 2. The maximum atomic E-state index is 13.4. The van der Waals surface area contributed by atoms with E-state index in [0.717, 1.165) is 11.3 Å². The first-order valence-electron chi connectivity index (χ1n) is 7.15. The van der Waals surface area contributed by atoms with E-state index in [1.165, 1.54) is 12.1 Å². The van der Waals surface area contributed by atoms with Gasteiger partial charge >= 0.3 is 5.97 Å². The van der Waals surface area contributed by atoms with Gasteiger partial charge in [-0.25, -0.2) is 9.37 Å². The molecule has 21 heavy (non-hydrogen) atoms. The average molecular weight is 288 g/mol. The molecule has 0 radical (unpaired) electrons. The van der Waals surface area contributed by atoms with Gasteiger partial charge in [0, 0.05) is 18.5 Å². The fraction of sp³-hybridized carbons (Fsp3) is 0.375. The lowest BCUT2D eigenvalue weighted by Crippen LogP contribution is -2.25. The fourth-order valence-corrected chi connectivity index (χ4v) is 3.11. The molecule has 1 N–H and O–H groups in total. The van der Waals surface area contributed by atoms with Crippen LogP contribution in [0.3, 0.4) is 0 Å². The van der Waals surface area contributed by atoms with Crippen molar-refractivity contribution in [3.63, 3.8) is 0 Å². The van der Waals surface area contributed by atoms with Crippen LogP contribution in [-0.4, -0.2) is 20.6 Å². The van der Waals surface area contributed by atoms with Crippen LogP contribution < -0.4 is 0 Å². The van der Waals surface area contributed by atoms with Crippen molar-refractivity contribution in [1.29, 1.82) is 0 Å². The molecule has 0 saturated carbocycles. The number of aliphatic carboxylic acids is 1. The summed E-state index contributed by atoms with van der Waals surface area (Å²) in [5.74, 6) is -1.02. The number of carbonyl (C=O) groups is 1. The van der Waals surface area contributed by atoms with Crippen LogP contribution in [0, 0.1) is 11.7 Å². The van der Waals surface area contributed by atoms with Crippen molar-refractivity contribution in [2.75, 3.05) is 0 Å². The molecule has 2 unspecified atom stereocenters. The third kappa shape index (κ3) is 2.33. The lowest BCUT2D eigenvalue weighted by molar-refractivity contribution is -0.142. The minimum Gasteiger partial charge on any atom is -0.481 e. The zero-order chi connectivity index (χ0) is 15.0. The van der Waals surface area contributed by atoms with Crippen LogP contribution in [-0.2, 0) is 11.3 Å². The summed E-state index contributed by atoms with van der Waals surface area (Å²) < 4.78 is 15.4. The number of hydrogen-bond donors (Lipinski definition) is 1. The lowest BCUT2D eigenvalue weighted by atomic mass is 9.82. The zero-order valence-electron chi connectivity index (χ0n) is 11.8. The first-order valence-corrected chi connectivity index (χ1v) is 7.15. The van der Waals surface area contributed by atoms with Crippen LogP contribution in [0.15, 0.2) is 30.4 Å². The Morgan fingerprint density at radius 1 is 1.43 bits per heavy atom. The lowest BCUT2D eigenvalue weighted by Gasteiger charge is -2.25. The van der Waals surface area contributed by atoms with Crippen molar-refractivity contribution in [3.05, 3.63) is 42.0 Å². The van der Waals surface area contributed by atoms with Gasteiger partial charge in [-0.15, -0.1) is 0 Å². The minimum absolute atomic E-state index is 0.164. The number of nitrogens with zero attached hydrogens (tertiary/aromatic N) is 2. The Morgan fingerprint density at radius 3 is 2.90 bits per heavy atom. The summed E-state index contributed by atoms with van der Waals surface area (Å²) in [6.07, 6.45) is 5.09. The second-order valence-electron chi connectivity index (χ2n) is 5.34. The van der Waals surface area contributed by atoms with Gasteiger partial charge in [-0.1, -0.05) is 12.2 Å². The molecule has 0 fully saturated rings. The summed E-state index contributed by atoms with van der Waals surface area (Å²) in [4.78, 5) is 16.0. The number of aryl methyl sites for hydroxylation is 1. The van der Waals surface area contributed by atoms with Gasteiger partial charge in [0.2, 0.25) is 0 Å². The van der Waals surface area contributed by atoms with Gasteiger partial charge in [-0.05, 0) is 31.9 Å². The van der Waals surface area contributed by atoms with Crippen molar-refractivity contribution < 1.29 is 14.3 Å². The average Bonchev–Trinajstić information content (AvgIpc) is 2.84. The fourth-order valence-electron chi connectivity index (χ4n) is 3.11. The van der Waals surface area contributed by atoms with Crippen LogP contribution >= 0.6 is 0 Å². The maximum Gasteiger partial charge on any atom is 0.307 e. The molecule has 3 rings (SSSR count). The molecule has 1 aliphatic carbocycles. The first-order chi connectivity index (χ1) is 10.1. The number of rotatable bonds is 3. The second kappa shape index (κ2) is 5.31. The number of imidazole rings is 1. The first kappa shape index (κ1) is 13.8. The van der Waals surface area contributed by atoms with Crippen molar-refractivity contribution in [1.82, 2.24) is 9.55 Å². The van der Waals surface area contributed by atoms with E-state index in [1.807, 2.05) is 23.6 Å². The highest BCUT2D eigenvalue weighted by Crippen LogP contribution is 2.36. The molecule has 0 bridgehead atoms. The summed E-state index contributed by atoms with van der Waals surface area (Å²) in [5.41, 5.74) is 1.44. The van der Waals surface area contributed by atoms with Gasteiger partial charge in [0.05, 0.1) is 17.0 Å². The summed E-state index contributed by atoms with van der Waals surface area (Å²) in [6, 6.07) is 4.52. The molecule has 0 aliphatic heterocycles. The Bertz CT molecular complexity index is 720. The van der Waals surface area contributed by atoms with Gasteiger partial charge in [0.1, 0.15) is 11.6 Å². The van der Waals surface area contributed by atoms with Crippen LogP contribution in [0.25, 0.3) is 11.0 Å². The predicted octanol–water partition coefficient (Wildman–Crippen LogP) is 3.33. The highest BCUT2D eigenvalue weighted by Gasteiger charge is 2.33. The molecule has 110 valence electrons. The van der Waals surface area contributed by atoms with Gasteiger partial charge in [-0.3, -0.25) is 4.79 Å². The van der Waals surface area contributed by atoms with Crippen LogP contribution in [0.5, 0.6) is 0 Å². The van der Waals surface area contributed by atoms with Crippen LogP contribution in [0.1, 0.15) is 31.5 Å². The number of aromatic nitrogens is 2. The number of allylic oxidation sites excluding steroid dienone is 2. The van der Waals surface area contributed by atoms with Gasteiger partial charge in [0.15, 0.2) is 0 Å². The molecule has 2 aromatic rings. The van der Waals surface area contributed by atoms with Crippen LogP contribution in [0.4, 0.5) is 4.39 Å². The summed E-state index contributed by atoms with van der Waals surface area (Å²) in [6.45, 7) is 2.67. The molecule has 1 aliphatic rings. The Labute approximate surface area is 121 Å². The molecule has 4 nitrogen and oxygen atoms in total. The normalized spacial score (nSPS) is 21.8. The Kier molecular flexibility index (Phi) is 3.49.